The summed E-state index contributed by atoms with van der Waals surface area (Å²) < 4.78 is 2.01. The Kier molecular flexibility index (Phi) is 4.55. The topological polar surface area (TPSA) is 80.5 Å². The molecule has 0 spiro atoms. The summed E-state index contributed by atoms with van der Waals surface area (Å²) in [5.74, 6) is 1.64. The summed E-state index contributed by atoms with van der Waals surface area (Å²) in [6.45, 7) is 3.21. The summed E-state index contributed by atoms with van der Waals surface area (Å²) in [5.41, 5.74) is 7.36. The highest BCUT2D eigenvalue weighted by atomic mass is 32.2. The Morgan fingerprint density at radius 2 is 2.26 bits per heavy atom. The van der Waals surface area contributed by atoms with Gasteiger partial charge in [-0.25, -0.2) is 0 Å². The summed E-state index contributed by atoms with van der Waals surface area (Å²) in [4.78, 5) is 0. The first-order valence-corrected chi connectivity index (χ1v) is 6.95. The molecule has 0 saturated carbocycles. The van der Waals surface area contributed by atoms with Gasteiger partial charge in [0.05, 0.1) is 11.6 Å². The van der Waals surface area contributed by atoms with Gasteiger partial charge in [-0.2, -0.15) is 5.26 Å². The Morgan fingerprint density at radius 1 is 1.42 bits per heavy atom. The van der Waals surface area contributed by atoms with Crippen LogP contribution in [0.25, 0.3) is 0 Å². The summed E-state index contributed by atoms with van der Waals surface area (Å²) in [6.07, 6.45) is 0. The Balaban J connectivity index is 2.08. The van der Waals surface area contributed by atoms with Crippen LogP contribution in [0.5, 0.6) is 0 Å². The second kappa shape index (κ2) is 6.36. The zero-order valence-electron chi connectivity index (χ0n) is 10.7. The maximum Gasteiger partial charge on any atom is 0.191 e. The van der Waals surface area contributed by atoms with E-state index < -0.39 is 0 Å². The van der Waals surface area contributed by atoms with Gasteiger partial charge in [0.1, 0.15) is 5.82 Å². The molecule has 1 aromatic heterocycles. The smallest absolute Gasteiger partial charge is 0.191 e. The molecular weight excluding hydrogens is 258 g/mol. The van der Waals surface area contributed by atoms with Gasteiger partial charge >= 0.3 is 0 Å². The average Bonchev–Trinajstić information content (AvgIpc) is 2.78. The van der Waals surface area contributed by atoms with Crippen LogP contribution in [0.1, 0.15) is 17.0 Å². The second-order valence-corrected chi connectivity index (χ2v) is 5.01. The molecule has 0 amide bonds. The number of hydrogen-bond donors (Lipinski definition) is 1. The van der Waals surface area contributed by atoms with Crippen LogP contribution in [0.15, 0.2) is 29.4 Å². The summed E-state index contributed by atoms with van der Waals surface area (Å²) in [5, 5.41) is 17.9. The SMILES string of the molecule is Cc1nnc(SCc2cccc(C#N)c2)n1CCN. The van der Waals surface area contributed by atoms with Gasteiger partial charge in [0, 0.05) is 18.8 Å². The predicted octanol–water partition coefficient (Wildman–Crippen LogP) is 1.71. The van der Waals surface area contributed by atoms with Gasteiger partial charge in [-0.3, -0.25) is 0 Å². The molecule has 0 saturated heterocycles. The number of aryl methyl sites for hydroxylation is 1. The number of aromatic nitrogens is 3. The standard InChI is InChI=1S/C13H15N5S/c1-10-16-17-13(18(10)6-5-14)19-9-12-4-2-3-11(7-12)8-15/h2-4,7H,5-6,9,14H2,1H3. The fourth-order valence-corrected chi connectivity index (χ4v) is 2.69. The fraction of sp³-hybridized carbons (Fsp3) is 0.308. The van der Waals surface area contributed by atoms with Crippen molar-refractivity contribution < 1.29 is 0 Å². The zero-order valence-corrected chi connectivity index (χ0v) is 11.5. The maximum absolute atomic E-state index is 8.87. The van der Waals surface area contributed by atoms with Gasteiger partial charge in [0.15, 0.2) is 5.16 Å². The van der Waals surface area contributed by atoms with Gasteiger partial charge < -0.3 is 10.3 Å². The summed E-state index contributed by atoms with van der Waals surface area (Å²) in [6, 6.07) is 9.73. The van der Waals surface area contributed by atoms with Crippen molar-refractivity contribution in [3.05, 3.63) is 41.2 Å². The average molecular weight is 273 g/mol. The summed E-state index contributed by atoms with van der Waals surface area (Å²) in [7, 11) is 0. The Labute approximate surface area is 116 Å². The van der Waals surface area contributed by atoms with Crippen LogP contribution in [-0.2, 0) is 12.3 Å². The van der Waals surface area contributed by atoms with E-state index in [2.05, 4.69) is 16.3 Å². The van der Waals surface area contributed by atoms with Crippen molar-refractivity contribution in [1.82, 2.24) is 14.8 Å². The number of benzene rings is 1. The molecule has 0 aliphatic heterocycles. The third-order valence-corrected chi connectivity index (χ3v) is 3.72. The van der Waals surface area contributed by atoms with E-state index in [4.69, 9.17) is 11.0 Å². The molecule has 0 radical (unpaired) electrons. The first kappa shape index (κ1) is 13.6. The number of nitrogens with two attached hydrogens (primary N) is 1. The van der Waals surface area contributed by atoms with Crippen molar-refractivity contribution in [2.75, 3.05) is 6.54 Å². The van der Waals surface area contributed by atoms with Crippen LogP contribution < -0.4 is 5.73 Å². The molecule has 0 unspecified atom stereocenters. The normalized spacial score (nSPS) is 10.4. The molecule has 5 nitrogen and oxygen atoms in total. The van der Waals surface area contributed by atoms with E-state index in [0.717, 1.165) is 28.8 Å². The largest absolute Gasteiger partial charge is 0.329 e. The first-order chi connectivity index (χ1) is 9.24. The van der Waals surface area contributed by atoms with E-state index in [0.29, 0.717) is 12.1 Å². The molecule has 2 rings (SSSR count). The lowest BCUT2D eigenvalue weighted by Gasteiger charge is -2.06. The quantitative estimate of drug-likeness (QED) is 0.839. The number of nitrogens with zero attached hydrogens (tertiary/aromatic N) is 4. The highest BCUT2D eigenvalue weighted by molar-refractivity contribution is 7.98. The molecule has 1 heterocycles. The van der Waals surface area contributed by atoms with E-state index in [9.17, 15) is 0 Å². The molecule has 6 heteroatoms. The lowest BCUT2D eigenvalue weighted by molar-refractivity contribution is 0.627. The van der Waals surface area contributed by atoms with Crippen molar-refractivity contribution in [2.45, 2.75) is 24.4 Å². The molecule has 19 heavy (non-hydrogen) atoms. The maximum atomic E-state index is 8.87. The number of thioether (sulfide) groups is 1. The zero-order chi connectivity index (χ0) is 13.7. The predicted molar refractivity (Wildman–Crippen MR) is 74.5 cm³/mol. The third kappa shape index (κ3) is 3.34. The minimum Gasteiger partial charge on any atom is -0.329 e. The van der Waals surface area contributed by atoms with Crippen molar-refractivity contribution in [3.63, 3.8) is 0 Å². The molecular formula is C13H15N5S. The number of rotatable bonds is 5. The first-order valence-electron chi connectivity index (χ1n) is 5.96. The van der Waals surface area contributed by atoms with Crippen LogP contribution >= 0.6 is 11.8 Å². The molecule has 2 N–H and O–H groups in total. The molecule has 0 aliphatic rings. The van der Waals surface area contributed by atoms with Gasteiger partial charge in [-0.1, -0.05) is 23.9 Å². The van der Waals surface area contributed by atoms with Crippen LogP contribution in [0.2, 0.25) is 0 Å². The second-order valence-electron chi connectivity index (χ2n) is 4.07. The lowest BCUT2D eigenvalue weighted by atomic mass is 10.2. The van der Waals surface area contributed by atoms with Gasteiger partial charge in [-0.05, 0) is 24.6 Å². The van der Waals surface area contributed by atoms with Gasteiger partial charge in [0.25, 0.3) is 0 Å². The van der Waals surface area contributed by atoms with E-state index in [1.807, 2.05) is 29.7 Å². The van der Waals surface area contributed by atoms with Crippen LogP contribution in [0.4, 0.5) is 0 Å². The van der Waals surface area contributed by atoms with Crippen LogP contribution in [0.3, 0.4) is 0 Å². The minimum absolute atomic E-state index is 0.566. The van der Waals surface area contributed by atoms with Crippen molar-refractivity contribution in [1.29, 1.82) is 5.26 Å². The monoisotopic (exact) mass is 273 g/mol. The number of hydrogen-bond acceptors (Lipinski definition) is 5. The molecule has 2 aromatic rings. The Hall–Kier alpha value is -1.84. The van der Waals surface area contributed by atoms with Crippen molar-refractivity contribution in [2.24, 2.45) is 5.73 Å². The van der Waals surface area contributed by atoms with Crippen molar-refractivity contribution >= 4 is 11.8 Å². The van der Waals surface area contributed by atoms with Gasteiger partial charge in [0.2, 0.25) is 0 Å². The highest BCUT2D eigenvalue weighted by Gasteiger charge is 2.08. The number of nitriles is 1. The van der Waals surface area contributed by atoms with E-state index in [1.165, 1.54) is 0 Å². The van der Waals surface area contributed by atoms with E-state index in [-0.39, 0.29) is 0 Å². The fourth-order valence-electron chi connectivity index (χ4n) is 1.73. The van der Waals surface area contributed by atoms with Crippen LogP contribution in [-0.4, -0.2) is 21.3 Å². The van der Waals surface area contributed by atoms with Gasteiger partial charge in [-0.15, -0.1) is 10.2 Å². The molecule has 98 valence electrons. The molecule has 0 aliphatic carbocycles. The van der Waals surface area contributed by atoms with E-state index >= 15 is 0 Å². The Morgan fingerprint density at radius 3 is 3.00 bits per heavy atom. The summed E-state index contributed by atoms with van der Waals surface area (Å²) >= 11 is 1.60. The van der Waals surface area contributed by atoms with Crippen LogP contribution in [0, 0.1) is 18.3 Å². The third-order valence-electron chi connectivity index (χ3n) is 2.68. The molecule has 0 bridgehead atoms. The Bertz CT molecular complexity index is 599. The van der Waals surface area contributed by atoms with Crippen molar-refractivity contribution in [3.8, 4) is 6.07 Å². The molecule has 0 atom stereocenters. The molecule has 0 fully saturated rings. The highest BCUT2D eigenvalue weighted by Crippen LogP contribution is 2.22. The van der Waals surface area contributed by atoms with E-state index in [1.54, 1.807) is 17.8 Å². The molecule has 1 aromatic carbocycles. The lowest BCUT2D eigenvalue weighted by Crippen LogP contribution is -2.12. The minimum atomic E-state index is 0.566.